The maximum absolute atomic E-state index is 5.36. The van der Waals surface area contributed by atoms with Crippen molar-refractivity contribution >= 4 is 11.9 Å². The molecular formula is C15H21N5O. The van der Waals surface area contributed by atoms with Crippen molar-refractivity contribution in [1.82, 2.24) is 15.0 Å². The van der Waals surface area contributed by atoms with E-state index in [0.717, 1.165) is 0 Å². The number of anilines is 2. The molecule has 1 atom stereocenters. The van der Waals surface area contributed by atoms with Gasteiger partial charge in [-0.3, -0.25) is 0 Å². The Morgan fingerprint density at radius 3 is 2.52 bits per heavy atom. The topological polar surface area (TPSA) is 72.0 Å². The van der Waals surface area contributed by atoms with Crippen LogP contribution in [0.5, 0.6) is 6.01 Å². The van der Waals surface area contributed by atoms with E-state index in [0.29, 0.717) is 24.5 Å². The lowest BCUT2D eigenvalue weighted by molar-refractivity contribution is 0.312. The van der Waals surface area contributed by atoms with Crippen LogP contribution >= 0.6 is 0 Å². The summed E-state index contributed by atoms with van der Waals surface area (Å²) < 4.78 is 5.36. The highest BCUT2D eigenvalue weighted by Crippen LogP contribution is 2.21. The van der Waals surface area contributed by atoms with Crippen molar-refractivity contribution in [3.8, 4) is 6.01 Å². The van der Waals surface area contributed by atoms with Crippen molar-refractivity contribution in [2.75, 3.05) is 24.3 Å². The van der Waals surface area contributed by atoms with Crippen LogP contribution in [0.25, 0.3) is 0 Å². The summed E-state index contributed by atoms with van der Waals surface area (Å²) in [6, 6.07) is 8.64. The summed E-state index contributed by atoms with van der Waals surface area (Å²) in [4.78, 5) is 12.7. The molecule has 21 heavy (non-hydrogen) atoms. The fraction of sp³-hybridized carbons (Fsp3) is 0.400. The standard InChI is InChI=1S/C15H21N5O/c1-5-21-15-19-13(16-4)18-14(20-15)17-11(3)12-9-7-6-8-10(12)2/h6-9,11H,5H2,1-4H3,(H2,16,17,18,19,20). The molecule has 0 amide bonds. The van der Waals surface area contributed by atoms with Gasteiger partial charge in [-0.15, -0.1) is 0 Å². The lowest BCUT2D eigenvalue weighted by Gasteiger charge is -2.17. The van der Waals surface area contributed by atoms with Gasteiger partial charge in [-0.1, -0.05) is 24.3 Å². The van der Waals surface area contributed by atoms with Crippen LogP contribution in [-0.4, -0.2) is 28.6 Å². The summed E-state index contributed by atoms with van der Waals surface area (Å²) in [5.74, 6) is 0.974. The van der Waals surface area contributed by atoms with E-state index >= 15 is 0 Å². The van der Waals surface area contributed by atoms with Gasteiger partial charge in [0, 0.05) is 7.05 Å². The van der Waals surface area contributed by atoms with E-state index in [2.05, 4.69) is 51.6 Å². The van der Waals surface area contributed by atoms with E-state index in [1.807, 2.05) is 19.1 Å². The van der Waals surface area contributed by atoms with Crippen molar-refractivity contribution in [2.24, 2.45) is 0 Å². The van der Waals surface area contributed by atoms with Gasteiger partial charge >= 0.3 is 6.01 Å². The maximum Gasteiger partial charge on any atom is 0.323 e. The second kappa shape index (κ2) is 6.88. The van der Waals surface area contributed by atoms with Gasteiger partial charge in [0.15, 0.2) is 0 Å². The van der Waals surface area contributed by atoms with E-state index in [1.54, 1.807) is 7.05 Å². The first-order valence-electron chi connectivity index (χ1n) is 7.02. The SMILES string of the molecule is CCOc1nc(NC)nc(NC(C)c2ccccc2C)n1. The number of nitrogens with one attached hydrogen (secondary N) is 2. The summed E-state index contributed by atoms with van der Waals surface area (Å²) in [6.07, 6.45) is 0. The Balaban J connectivity index is 2.22. The third-order valence-electron chi connectivity index (χ3n) is 3.11. The van der Waals surface area contributed by atoms with Gasteiger partial charge in [0.1, 0.15) is 0 Å². The van der Waals surface area contributed by atoms with Crippen molar-refractivity contribution < 1.29 is 4.74 Å². The van der Waals surface area contributed by atoms with Gasteiger partial charge in [-0.2, -0.15) is 15.0 Å². The quantitative estimate of drug-likeness (QED) is 0.851. The van der Waals surface area contributed by atoms with Gasteiger partial charge in [0.05, 0.1) is 12.6 Å². The normalized spacial score (nSPS) is 11.8. The first-order chi connectivity index (χ1) is 10.1. The van der Waals surface area contributed by atoms with E-state index in [9.17, 15) is 0 Å². The highest BCUT2D eigenvalue weighted by Gasteiger charge is 2.12. The first-order valence-corrected chi connectivity index (χ1v) is 7.02. The molecule has 6 heteroatoms. The molecule has 0 spiro atoms. The Hall–Kier alpha value is -2.37. The van der Waals surface area contributed by atoms with Crippen LogP contribution in [0.3, 0.4) is 0 Å². The van der Waals surface area contributed by atoms with Gasteiger partial charge < -0.3 is 15.4 Å². The van der Waals surface area contributed by atoms with Gasteiger partial charge in [-0.05, 0) is 31.9 Å². The average Bonchev–Trinajstić information content (AvgIpc) is 2.47. The minimum Gasteiger partial charge on any atom is -0.464 e. The smallest absolute Gasteiger partial charge is 0.323 e. The molecule has 2 aromatic rings. The predicted molar refractivity (Wildman–Crippen MR) is 83.8 cm³/mol. The van der Waals surface area contributed by atoms with Crippen LogP contribution in [-0.2, 0) is 0 Å². The minimum absolute atomic E-state index is 0.0905. The van der Waals surface area contributed by atoms with Crippen LogP contribution < -0.4 is 15.4 Å². The zero-order valence-corrected chi connectivity index (χ0v) is 12.8. The summed E-state index contributed by atoms with van der Waals surface area (Å²) in [7, 11) is 1.76. The molecule has 2 rings (SSSR count). The van der Waals surface area contributed by atoms with Crippen LogP contribution in [0, 0.1) is 6.92 Å². The highest BCUT2D eigenvalue weighted by molar-refractivity contribution is 5.39. The molecule has 0 bridgehead atoms. The molecule has 0 fully saturated rings. The molecule has 0 saturated carbocycles. The summed E-state index contributed by atoms with van der Waals surface area (Å²) in [5.41, 5.74) is 2.44. The monoisotopic (exact) mass is 287 g/mol. The molecule has 0 aliphatic carbocycles. The zero-order chi connectivity index (χ0) is 15.2. The Morgan fingerprint density at radius 1 is 1.14 bits per heavy atom. The Labute approximate surface area is 125 Å². The van der Waals surface area contributed by atoms with E-state index in [1.165, 1.54) is 11.1 Å². The lowest BCUT2D eigenvalue weighted by atomic mass is 10.0. The number of hydrogen-bond acceptors (Lipinski definition) is 6. The Morgan fingerprint density at radius 2 is 1.86 bits per heavy atom. The summed E-state index contributed by atoms with van der Waals surface area (Å²) >= 11 is 0. The van der Waals surface area contributed by atoms with E-state index in [-0.39, 0.29) is 6.04 Å². The van der Waals surface area contributed by atoms with Gasteiger partial charge in [-0.25, -0.2) is 0 Å². The number of hydrogen-bond donors (Lipinski definition) is 2. The minimum atomic E-state index is 0.0905. The van der Waals surface area contributed by atoms with E-state index in [4.69, 9.17) is 4.74 Å². The fourth-order valence-corrected chi connectivity index (χ4v) is 2.07. The van der Waals surface area contributed by atoms with Crippen LogP contribution in [0.2, 0.25) is 0 Å². The number of aryl methyl sites for hydroxylation is 1. The van der Waals surface area contributed by atoms with Crippen molar-refractivity contribution in [1.29, 1.82) is 0 Å². The highest BCUT2D eigenvalue weighted by atomic mass is 16.5. The number of benzene rings is 1. The summed E-state index contributed by atoms with van der Waals surface area (Å²) in [6.45, 7) is 6.57. The third kappa shape index (κ3) is 3.81. The first kappa shape index (κ1) is 15.0. The van der Waals surface area contributed by atoms with Gasteiger partial charge in [0.2, 0.25) is 11.9 Å². The molecule has 0 saturated heterocycles. The zero-order valence-electron chi connectivity index (χ0n) is 12.8. The van der Waals surface area contributed by atoms with E-state index < -0.39 is 0 Å². The van der Waals surface area contributed by atoms with Crippen molar-refractivity contribution in [2.45, 2.75) is 26.8 Å². The second-order valence-corrected chi connectivity index (χ2v) is 4.67. The van der Waals surface area contributed by atoms with Crippen molar-refractivity contribution in [3.63, 3.8) is 0 Å². The van der Waals surface area contributed by atoms with Crippen LogP contribution in [0.15, 0.2) is 24.3 Å². The molecule has 6 nitrogen and oxygen atoms in total. The molecule has 112 valence electrons. The second-order valence-electron chi connectivity index (χ2n) is 4.67. The Bertz CT molecular complexity index is 602. The molecule has 2 N–H and O–H groups in total. The molecule has 1 unspecified atom stereocenters. The molecule has 0 radical (unpaired) electrons. The molecule has 0 aliphatic heterocycles. The molecule has 1 heterocycles. The predicted octanol–water partition coefficient (Wildman–Crippen LogP) is 2.79. The number of nitrogens with zero attached hydrogens (tertiary/aromatic N) is 3. The molecular weight excluding hydrogens is 266 g/mol. The number of rotatable bonds is 6. The Kier molecular flexibility index (Phi) is 4.92. The summed E-state index contributed by atoms with van der Waals surface area (Å²) in [5, 5.41) is 6.20. The van der Waals surface area contributed by atoms with Crippen molar-refractivity contribution in [3.05, 3.63) is 35.4 Å². The molecule has 1 aromatic carbocycles. The molecule has 0 aliphatic rings. The third-order valence-corrected chi connectivity index (χ3v) is 3.11. The van der Waals surface area contributed by atoms with Gasteiger partial charge in [0.25, 0.3) is 0 Å². The van der Waals surface area contributed by atoms with Crippen LogP contribution in [0.1, 0.15) is 31.0 Å². The fourth-order valence-electron chi connectivity index (χ4n) is 2.07. The largest absolute Gasteiger partial charge is 0.464 e. The maximum atomic E-state index is 5.36. The number of aromatic nitrogens is 3. The number of ether oxygens (including phenoxy) is 1. The van der Waals surface area contributed by atoms with Crippen LogP contribution in [0.4, 0.5) is 11.9 Å². The molecule has 1 aromatic heterocycles. The average molecular weight is 287 g/mol. The lowest BCUT2D eigenvalue weighted by Crippen LogP contribution is -2.13.